The van der Waals surface area contributed by atoms with Crippen LogP contribution in [0.4, 0.5) is 4.39 Å². The van der Waals surface area contributed by atoms with Gasteiger partial charge in [-0.1, -0.05) is 50.3 Å². The van der Waals surface area contributed by atoms with Crippen molar-refractivity contribution in [3.8, 4) is 0 Å². The Labute approximate surface area is 189 Å². The van der Waals surface area contributed by atoms with E-state index in [0.717, 1.165) is 44.9 Å². The summed E-state index contributed by atoms with van der Waals surface area (Å²) in [6.07, 6.45) is 7.82. The molecule has 8 heteroatoms. The van der Waals surface area contributed by atoms with Crippen molar-refractivity contribution in [2.75, 3.05) is 18.1 Å². The second kappa shape index (κ2) is 9.49. The number of ether oxygens (including phenoxy) is 1. The minimum absolute atomic E-state index is 0.0136. The summed E-state index contributed by atoms with van der Waals surface area (Å²) in [4.78, 5) is 28.1. The summed E-state index contributed by atoms with van der Waals surface area (Å²) in [5, 5.41) is 0. The van der Waals surface area contributed by atoms with Crippen molar-refractivity contribution < 1.29 is 27.1 Å². The second-order valence-electron chi connectivity index (χ2n) is 9.49. The molecule has 2 aliphatic carbocycles. The maximum atomic E-state index is 14.6. The lowest BCUT2D eigenvalue weighted by molar-refractivity contribution is -0.159. The van der Waals surface area contributed by atoms with Gasteiger partial charge < -0.3 is 9.64 Å². The van der Waals surface area contributed by atoms with E-state index in [2.05, 4.69) is 0 Å². The smallest absolute Gasteiger partial charge is 0.317 e. The van der Waals surface area contributed by atoms with Crippen LogP contribution >= 0.6 is 0 Å². The SMILES string of the molecule is O=C(COC(=O)C1(c2ccccc2F)CCCC1)N(C1CCCCC1)[C@H]1CCS(=O)(=O)C1. The third-order valence-corrected chi connectivity index (χ3v) is 9.17. The van der Waals surface area contributed by atoms with Gasteiger partial charge in [0.05, 0.1) is 16.9 Å². The Morgan fingerprint density at radius 3 is 2.31 bits per heavy atom. The Bertz CT molecular complexity index is 951. The van der Waals surface area contributed by atoms with Crippen molar-refractivity contribution >= 4 is 21.7 Å². The highest BCUT2D eigenvalue weighted by Crippen LogP contribution is 2.43. The predicted octanol–water partition coefficient (Wildman–Crippen LogP) is 3.53. The normalized spacial score (nSPS) is 24.8. The molecule has 0 unspecified atom stereocenters. The first-order valence-corrected chi connectivity index (χ1v) is 13.6. The molecule has 1 atom stereocenters. The number of halogens is 1. The lowest BCUT2D eigenvalue weighted by Gasteiger charge is -2.38. The number of rotatable bonds is 6. The number of benzene rings is 1. The Balaban J connectivity index is 1.49. The number of carbonyl (C=O) groups is 2. The summed E-state index contributed by atoms with van der Waals surface area (Å²) in [6, 6.07) is 5.90. The molecular weight excluding hydrogens is 433 g/mol. The van der Waals surface area contributed by atoms with Gasteiger partial charge in [-0.05, 0) is 38.2 Å². The molecule has 0 bridgehead atoms. The zero-order chi connectivity index (χ0) is 22.8. The van der Waals surface area contributed by atoms with Gasteiger partial charge in [0, 0.05) is 17.6 Å². The van der Waals surface area contributed by atoms with Gasteiger partial charge in [0.2, 0.25) is 0 Å². The monoisotopic (exact) mass is 465 g/mol. The van der Waals surface area contributed by atoms with Gasteiger partial charge in [0.25, 0.3) is 5.91 Å². The van der Waals surface area contributed by atoms with E-state index in [0.29, 0.717) is 24.8 Å². The molecule has 0 N–H and O–H groups in total. The first kappa shape index (κ1) is 23.2. The van der Waals surface area contributed by atoms with Gasteiger partial charge in [-0.2, -0.15) is 0 Å². The van der Waals surface area contributed by atoms with Crippen LogP contribution in [0.3, 0.4) is 0 Å². The quantitative estimate of drug-likeness (QED) is 0.601. The number of hydrogen-bond donors (Lipinski definition) is 0. The van der Waals surface area contributed by atoms with Crippen LogP contribution in [0.25, 0.3) is 0 Å². The van der Waals surface area contributed by atoms with Crippen LogP contribution in [-0.4, -0.2) is 55.4 Å². The molecule has 4 rings (SSSR count). The highest BCUT2D eigenvalue weighted by Gasteiger charge is 2.46. The maximum Gasteiger partial charge on any atom is 0.317 e. The highest BCUT2D eigenvalue weighted by molar-refractivity contribution is 7.91. The van der Waals surface area contributed by atoms with Crippen molar-refractivity contribution in [1.29, 1.82) is 0 Å². The minimum Gasteiger partial charge on any atom is -0.455 e. The Hall–Kier alpha value is -1.96. The molecule has 3 fully saturated rings. The third-order valence-electron chi connectivity index (χ3n) is 7.42. The zero-order valence-electron chi connectivity index (χ0n) is 18.4. The number of nitrogens with zero attached hydrogens (tertiary/aromatic N) is 1. The molecule has 176 valence electrons. The topological polar surface area (TPSA) is 80.8 Å². The fourth-order valence-electron chi connectivity index (χ4n) is 5.81. The summed E-state index contributed by atoms with van der Waals surface area (Å²) in [5.74, 6) is -1.27. The Morgan fingerprint density at radius 2 is 1.69 bits per heavy atom. The summed E-state index contributed by atoms with van der Waals surface area (Å²) < 4.78 is 44.2. The summed E-state index contributed by atoms with van der Waals surface area (Å²) >= 11 is 0. The van der Waals surface area contributed by atoms with Gasteiger partial charge in [0.1, 0.15) is 5.82 Å². The lowest BCUT2D eigenvalue weighted by Crippen LogP contribution is -2.50. The average molecular weight is 466 g/mol. The molecule has 0 radical (unpaired) electrons. The van der Waals surface area contributed by atoms with Gasteiger partial charge in [0.15, 0.2) is 16.4 Å². The maximum absolute atomic E-state index is 14.6. The van der Waals surface area contributed by atoms with Crippen LogP contribution < -0.4 is 0 Å². The molecule has 1 heterocycles. The predicted molar refractivity (Wildman–Crippen MR) is 118 cm³/mol. The van der Waals surface area contributed by atoms with Crippen molar-refractivity contribution in [3.63, 3.8) is 0 Å². The van der Waals surface area contributed by atoms with Gasteiger partial charge >= 0.3 is 5.97 Å². The van der Waals surface area contributed by atoms with E-state index in [1.54, 1.807) is 23.1 Å². The fraction of sp³-hybridized carbons (Fsp3) is 0.667. The van der Waals surface area contributed by atoms with Crippen molar-refractivity contribution in [2.24, 2.45) is 0 Å². The fourth-order valence-corrected chi connectivity index (χ4v) is 7.52. The molecule has 6 nitrogen and oxygen atoms in total. The number of carbonyl (C=O) groups excluding carboxylic acids is 2. The van der Waals surface area contributed by atoms with Crippen LogP contribution in [0.2, 0.25) is 0 Å². The lowest BCUT2D eigenvalue weighted by atomic mass is 9.78. The molecule has 1 aliphatic heterocycles. The molecular formula is C24H32FNO5S. The standard InChI is InChI=1S/C24H32FNO5S/c25-21-11-5-4-10-20(21)24(13-6-7-14-24)23(28)31-16-22(27)26(18-8-2-1-3-9-18)19-12-15-32(29,30)17-19/h4-5,10-11,18-19H,1-3,6-9,12-17H2/t19-/m0/s1. The molecule has 2 saturated carbocycles. The first-order chi connectivity index (χ1) is 15.3. The summed E-state index contributed by atoms with van der Waals surface area (Å²) in [6.45, 7) is -0.428. The van der Waals surface area contributed by atoms with Crippen LogP contribution in [0.5, 0.6) is 0 Å². The molecule has 0 aromatic heterocycles. The number of amides is 1. The van der Waals surface area contributed by atoms with Crippen LogP contribution in [0, 0.1) is 5.82 Å². The summed E-state index contributed by atoms with van der Waals surface area (Å²) in [5.41, 5.74) is -0.723. The van der Waals surface area contributed by atoms with E-state index < -0.39 is 33.6 Å². The first-order valence-electron chi connectivity index (χ1n) is 11.8. The number of hydrogen-bond acceptors (Lipinski definition) is 5. The molecule has 1 amide bonds. The minimum atomic E-state index is -3.15. The van der Waals surface area contributed by atoms with Crippen molar-refractivity contribution in [1.82, 2.24) is 4.90 Å². The van der Waals surface area contributed by atoms with E-state index in [1.165, 1.54) is 6.07 Å². The number of esters is 1. The van der Waals surface area contributed by atoms with E-state index >= 15 is 0 Å². The van der Waals surface area contributed by atoms with E-state index in [1.807, 2.05) is 0 Å². The van der Waals surface area contributed by atoms with E-state index in [-0.39, 0.29) is 29.5 Å². The highest BCUT2D eigenvalue weighted by atomic mass is 32.2. The van der Waals surface area contributed by atoms with Crippen molar-refractivity contribution in [3.05, 3.63) is 35.6 Å². The third kappa shape index (κ3) is 4.70. The molecule has 1 saturated heterocycles. The van der Waals surface area contributed by atoms with Crippen LogP contribution in [0.1, 0.15) is 69.8 Å². The Morgan fingerprint density at radius 1 is 1.00 bits per heavy atom. The van der Waals surface area contributed by atoms with Crippen molar-refractivity contribution in [2.45, 2.75) is 81.7 Å². The second-order valence-corrected chi connectivity index (χ2v) is 11.7. The largest absolute Gasteiger partial charge is 0.455 e. The van der Waals surface area contributed by atoms with Crippen LogP contribution in [0.15, 0.2) is 24.3 Å². The zero-order valence-corrected chi connectivity index (χ0v) is 19.2. The van der Waals surface area contributed by atoms with Crippen LogP contribution in [-0.2, 0) is 29.6 Å². The molecule has 1 aromatic carbocycles. The molecule has 32 heavy (non-hydrogen) atoms. The van der Waals surface area contributed by atoms with Gasteiger partial charge in [-0.3, -0.25) is 9.59 Å². The average Bonchev–Trinajstić information content (AvgIpc) is 3.41. The molecule has 0 spiro atoms. The van der Waals surface area contributed by atoms with E-state index in [4.69, 9.17) is 4.74 Å². The Kier molecular flexibility index (Phi) is 6.89. The van der Waals surface area contributed by atoms with Gasteiger partial charge in [-0.15, -0.1) is 0 Å². The number of sulfone groups is 1. The van der Waals surface area contributed by atoms with Gasteiger partial charge in [-0.25, -0.2) is 12.8 Å². The molecule has 1 aromatic rings. The molecule has 3 aliphatic rings. The van der Waals surface area contributed by atoms with E-state index in [9.17, 15) is 22.4 Å². The summed E-state index contributed by atoms with van der Waals surface area (Å²) in [7, 11) is -3.15.